The third-order valence-corrected chi connectivity index (χ3v) is 4.10. The Bertz CT molecular complexity index is 608. The van der Waals surface area contributed by atoms with Gasteiger partial charge in [0.15, 0.2) is 0 Å². The summed E-state index contributed by atoms with van der Waals surface area (Å²) in [6.07, 6.45) is 0. The van der Waals surface area contributed by atoms with Crippen LogP contribution in [0.2, 0.25) is 0 Å². The molecular weight excluding hydrogens is 280 g/mol. The molecule has 21 heavy (non-hydrogen) atoms. The maximum absolute atomic E-state index is 12.0. The molecule has 4 heteroatoms. The highest BCUT2D eigenvalue weighted by Gasteiger charge is 2.05. The van der Waals surface area contributed by atoms with Crippen molar-refractivity contribution in [1.29, 1.82) is 0 Å². The number of carbonyl (C=O) groups excluding carboxylic acids is 1. The van der Waals surface area contributed by atoms with Crippen molar-refractivity contribution in [3.05, 3.63) is 54.1 Å². The Hall–Kier alpha value is -1.94. The van der Waals surface area contributed by atoms with Gasteiger partial charge in [-0.25, -0.2) is 0 Å². The molecule has 0 aliphatic rings. The molecule has 110 valence electrons. The monoisotopic (exact) mass is 300 g/mol. The van der Waals surface area contributed by atoms with Crippen LogP contribution in [0, 0.1) is 0 Å². The number of nitrogen functional groups attached to an aromatic ring is 1. The summed E-state index contributed by atoms with van der Waals surface area (Å²) in [5.74, 6) is 0.833. The second-order valence-electron chi connectivity index (χ2n) is 5.19. The Morgan fingerprint density at radius 2 is 1.90 bits per heavy atom. The molecule has 0 spiro atoms. The minimum atomic E-state index is -0.00210. The van der Waals surface area contributed by atoms with E-state index in [2.05, 4.69) is 25.2 Å². The van der Waals surface area contributed by atoms with Gasteiger partial charge in [0.2, 0.25) is 5.91 Å². The molecule has 3 N–H and O–H groups in total. The Morgan fingerprint density at radius 3 is 2.57 bits per heavy atom. The molecule has 2 rings (SSSR count). The van der Waals surface area contributed by atoms with Gasteiger partial charge in [0.25, 0.3) is 0 Å². The van der Waals surface area contributed by atoms with E-state index in [0.717, 1.165) is 16.3 Å². The average Bonchev–Trinajstić information content (AvgIpc) is 2.47. The van der Waals surface area contributed by atoms with Crippen molar-refractivity contribution in [3.63, 3.8) is 0 Å². The van der Waals surface area contributed by atoms with Gasteiger partial charge in [-0.3, -0.25) is 4.79 Å². The molecule has 2 aromatic carbocycles. The van der Waals surface area contributed by atoms with Gasteiger partial charge < -0.3 is 11.1 Å². The first kappa shape index (κ1) is 15.4. The predicted octanol–water partition coefficient (Wildman–Crippen LogP) is 4.12. The van der Waals surface area contributed by atoms with Crippen LogP contribution >= 0.6 is 11.8 Å². The maximum atomic E-state index is 12.0. The van der Waals surface area contributed by atoms with E-state index in [-0.39, 0.29) is 5.91 Å². The number of amides is 1. The second kappa shape index (κ2) is 7.18. The van der Waals surface area contributed by atoms with Gasteiger partial charge in [-0.15, -0.1) is 11.8 Å². The molecule has 3 nitrogen and oxygen atoms in total. The van der Waals surface area contributed by atoms with E-state index in [9.17, 15) is 4.79 Å². The first-order valence-corrected chi connectivity index (χ1v) is 7.91. The van der Waals surface area contributed by atoms with Gasteiger partial charge in [-0.05, 0) is 47.9 Å². The van der Waals surface area contributed by atoms with Crippen molar-refractivity contribution in [3.8, 4) is 0 Å². The number of hydrogen-bond acceptors (Lipinski definition) is 3. The highest BCUT2D eigenvalue weighted by atomic mass is 32.2. The van der Waals surface area contributed by atoms with Crippen molar-refractivity contribution >= 4 is 29.0 Å². The molecule has 1 amide bonds. The zero-order valence-corrected chi connectivity index (χ0v) is 13.1. The van der Waals surface area contributed by atoms with Gasteiger partial charge in [0.1, 0.15) is 0 Å². The van der Waals surface area contributed by atoms with Crippen molar-refractivity contribution in [1.82, 2.24) is 0 Å². The summed E-state index contributed by atoms with van der Waals surface area (Å²) in [5.41, 5.74) is 8.44. The lowest BCUT2D eigenvalue weighted by Crippen LogP contribution is -2.14. The molecule has 2 aromatic rings. The molecule has 0 atom stereocenters. The van der Waals surface area contributed by atoms with E-state index >= 15 is 0 Å². The lowest BCUT2D eigenvalue weighted by molar-refractivity contribution is -0.113. The first-order valence-electron chi connectivity index (χ1n) is 6.93. The van der Waals surface area contributed by atoms with Crippen molar-refractivity contribution < 1.29 is 4.79 Å². The van der Waals surface area contributed by atoms with Crippen LogP contribution in [0.5, 0.6) is 0 Å². The van der Waals surface area contributed by atoms with Crippen LogP contribution < -0.4 is 11.1 Å². The van der Waals surface area contributed by atoms with E-state index in [1.165, 1.54) is 17.3 Å². The van der Waals surface area contributed by atoms with Crippen LogP contribution in [-0.2, 0) is 4.79 Å². The normalized spacial score (nSPS) is 10.6. The summed E-state index contributed by atoms with van der Waals surface area (Å²) in [4.78, 5) is 13.0. The minimum absolute atomic E-state index is 0.00210. The number of hydrogen-bond donors (Lipinski definition) is 2. The lowest BCUT2D eigenvalue weighted by Gasteiger charge is -2.09. The summed E-state index contributed by atoms with van der Waals surface area (Å²) < 4.78 is 0. The highest BCUT2D eigenvalue weighted by Crippen LogP contribution is 2.21. The smallest absolute Gasteiger partial charge is 0.234 e. The fourth-order valence-corrected chi connectivity index (χ4v) is 2.58. The third-order valence-electron chi connectivity index (χ3n) is 3.09. The van der Waals surface area contributed by atoms with Crippen LogP contribution in [0.25, 0.3) is 0 Å². The number of anilines is 2. The topological polar surface area (TPSA) is 55.1 Å². The van der Waals surface area contributed by atoms with Crippen LogP contribution in [0.3, 0.4) is 0 Å². The minimum Gasteiger partial charge on any atom is -0.399 e. The molecular formula is C17H20N2OS. The number of rotatable bonds is 5. The molecule has 0 aliphatic heterocycles. The molecule has 0 saturated carbocycles. The predicted molar refractivity (Wildman–Crippen MR) is 90.7 cm³/mol. The van der Waals surface area contributed by atoms with E-state index in [4.69, 9.17) is 5.73 Å². The summed E-state index contributed by atoms with van der Waals surface area (Å²) in [5, 5.41) is 2.93. The van der Waals surface area contributed by atoms with E-state index in [1.54, 1.807) is 0 Å². The van der Waals surface area contributed by atoms with Crippen LogP contribution in [0.1, 0.15) is 25.3 Å². The molecule has 0 radical (unpaired) electrons. The number of nitrogens with one attached hydrogen (secondary N) is 1. The molecule has 0 aliphatic carbocycles. The van der Waals surface area contributed by atoms with E-state index < -0.39 is 0 Å². The van der Waals surface area contributed by atoms with Crippen molar-refractivity contribution in [2.24, 2.45) is 0 Å². The number of nitrogens with two attached hydrogens (primary N) is 1. The number of benzene rings is 2. The molecule has 0 unspecified atom stereocenters. The van der Waals surface area contributed by atoms with Gasteiger partial charge in [-0.2, -0.15) is 0 Å². The Kier molecular flexibility index (Phi) is 5.28. The van der Waals surface area contributed by atoms with Gasteiger partial charge in [0.05, 0.1) is 5.75 Å². The SMILES string of the molecule is CC(C)c1cccc(NC(=O)CSc2ccc(N)cc2)c1. The van der Waals surface area contributed by atoms with Crippen molar-refractivity contribution in [2.75, 3.05) is 16.8 Å². The maximum Gasteiger partial charge on any atom is 0.234 e. The van der Waals surface area contributed by atoms with Crippen molar-refractivity contribution in [2.45, 2.75) is 24.7 Å². The largest absolute Gasteiger partial charge is 0.399 e. The lowest BCUT2D eigenvalue weighted by atomic mass is 10.0. The fraction of sp³-hybridized carbons (Fsp3) is 0.235. The van der Waals surface area contributed by atoms with E-state index in [0.29, 0.717) is 11.7 Å². The van der Waals surface area contributed by atoms with Crippen LogP contribution in [-0.4, -0.2) is 11.7 Å². The molecule has 0 saturated heterocycles. The fourth-order valence-electron chi connectivity index (χ4n) is 1.89. The third kappa shape index (κ3) is 4.83. The Balaban J connectivity index is 1.89. The average molecular weight is 300 g/mol. The molecule has 0 heterocycles. The summed E-state index contributed by atoms with van der Waals surface area (Å²) >= 11 is 1.50. The summed E-state index contributed by atoms with van der Waals surface area (Å²) in [7, 11) is 0. The number of carbonyl (C=O) groups is 1. The molecule has 0 aromatic heterocycles. The van der Waals surface area contributed by atoms with E-state index in [1.807, 2.05) is 42.5 Å². The van der Waals surface area contributed by atoms with Gasteiger partial charge >= 0.3 is 0 Å². The molecule has 0 bridgehead atoms. The van der Waals surface area contributed by atoms with Crippen LogP contribution in [0.4, 0.5) is 11.4 Å². The zero-order chi connectivity index (χ0) is 15.2. The van der Waals surface area contributed by atoms with Crippen LogP contribution in [0.15, 0.2) is 53.4 Å². The summed E-state index contributed by atoms with van der Waals surface area (Å²) in [6, 6.07) is 15.5. The Labute approximate surface area is 129 Å². The molecule has 0 fully saturated rings. The first-order chi connectivity index (χ1) is 10.0. The van der Waals surface area contributed by atoms with Gasteiger partial charge in [-0.1, -0.05) is 26.0 Å². The highest BCUT2D eigenvalue weighted by molar-refractivity contribution is 8.00. The second-order valence-corrected chi connectivity index (χ2v) is 6.23. The van der Waals surface area contributed by atoms with Gasteiger partial charge in [0, 0.05) is 16.3 Å². The summed E-state index contributed by atoms with van der Waals surface area (Å²) in [6.45, 7) is 4.27. The standard InChI is InChI=1S/C17H20N2OS/c1-12(2)13-4-3-5-15(10-13)19-17(20)11-21-16-8-6-14(18)7-9-16/h3-10,12H,11,18H2,1-2H3,(H,19,20). The number of thioether (sulfide) groups is 1. The quantitative estimate of drug-likeness (QED) is 0.645. The zero-order valence-electron chi connectivity index (χ0n) is 12.3. The Morgan fingerprint density at radius 1 is 1.19 bits per heavy atom.